The molecule has 0 radical (unpaired) electrons. The SMILES string of the molecule is CSc1ccc(NC(=O)[C@H]2CCCN2)cc1. The molecule has 1 saturated heterocycles. The third-order valence-electron chi connectivity index (χ3n) is 2.73. The van der Waals surface area contributed by atoms with Crippen LogP contribution in [0.2, 0.25) is 0 Å². The second-order valence-corrected chi connectivity index (χ2v) is 4.75. The van der Waals surface area contributed by atoms with Gasteiger partial charge in [0.05, 0.1) is 6.04 Å². The predicted octanol–water partition coefficient (Wildman–Crippen LogP) is 2.10. The first-order chi connectivity index (χ1) is 7.79. The smallest absolute Gasteiger partial charge is 0.241 e. The second-order valence-electron chi connectivity index (χ2n) is 3.87. The van der Waals surface area contributed by atoms with Crippen molar-refractivity contribution in [2.45, 2.75) is 23.8 Å². The molecular weight excluding hydrogens is 220 g/mol. The Labute approximate surface area is 100.0 Å². The molecule has 0 aromatic heterocycles. The summed E-state index contributed by atoms with van der Waals surface area (Å²) in [7, 11) is 0. The maximum Gasteiger partial charge on any atom is 0.241 e. The third kappa shape index (κ3) is 2.77. The van der Waals surface area contributed by atoms with E-state index < -0.39 is 0 Å². The Kier molecular flexibility index (Phi) is 3.85. The molecule has 1 aromatic carbocycles. The van der Waals surface area contributed by atoms with Gasteiger partial charge in [0.15, 0.2) is 0 Å². The molecule has 2 N–H and O–H groups in total. The number of anilines is 1. The van der Waals surface area contributed by atoms with Gasteiger partial charge in [0.2, 0.25) is 5.91 Å². The molecule has 1 amide bonds. The van der Waals surface area contributed by atoms with Gasteiger partial charge in [0.25, 0.3) is 0 Å². The van der Waals surface area contributed by atoms with Crippen molar-refractivity contribution < 1.29 is 4.79 Å². The Bertz CT molecular complexity index is 358. The van der Waals surface area contributed by atoms with Crippen molar-refractivity contribution in [2.24, 2.45) is 0 Å². The van der Waals surface area contributed by atoms with Crippen LogP contribution in [0.3, 0.4) is 0 Å². The summed E-state index contributed by atoms with van der Waals surface area (Å²) in [6.45, 7) is 0.948. The molecule has 86 valence electrons. The lowest BCUT2D eigenvalue weighted by Gasteiger charge is -2.11. The number of carbonyl (C=O) groups is 1. The van der Waals surface area contributed by atoms with Crippen LogP contribution in [0.25, 0.3) is 0 Å². The molecule has 16 heavy (non-hydrogen) atoms. The van der Waals surface area contributed by atoms with E-state index in [0.717, 1.165) is 25.1 Å². The van der Waals surface area contributed by atoms with Crippen molar-refractivity contribution in [1.82, 2.24) is 5.32 Å². The van der Waals surface area contributed by atoms with Crippen LogP contribution >= 0.6 is 11.8 Å². The van der Waals surface area contributed by atoms with Gasteiger partial charge >= 0.3 is 0 Å². The van der Waals surface area contributed by atoms with Crippen molar-refractivity contribution in [2.75, 3.05) is 18.1 Å². The zero-order valence-corrected chi connectivity index (χ0v) is 10.1. The fraction of sp³-hybridized carbons (Fsp3) is 0.417. The summed E-state index contributed by atoms with van der Waals surface area (Å²) < 4.78 is 0. The lowest BCUT2D eigenvalue weighted by atomic mass is 10.2. The fourth-order valence-electron chi connectivity index (χ4n) is 1.81. The number of nitrogens with one attached hydrogen (secondary N) is 2. The Hall–Kier alpha value is -1.00. The lowest BCUT2D eigenvalue weighted by Crippen LogP contribution is -2.35. The van der Waals surface area contributed by atoms with Crippen LogP contribution < -0.4 is 10.6 Å². The Morgan fingerprint density at radius 2 is 2.19 bits per heavy atom. The van der Waals surface area contributed by atoms with Crippen LogP contribution in [-0.4, -0.2) is 24.7 Å². The standard InChI is InChI=1S/C12H16N2OS/c1-16-10-6-4-9(5-7-10)14-12(15)11-3-2-8-13-11/h4-7,11,13H,2-3,8H2,1H3,(H,14,15)/t11-/m1/s1. The van der Waals surface area contributed by atoms with Crippen molar-refractivity contribution >= 4 is 23.4 Å². The quantitative estimate of drug-likeness (QED) is 0.790. The Balaban J connectivity index is 1.94. The van der Waals surface area contributed by atoms with Gasteiger partial charge in [-0.15, -0.1) is 11.8 Å². The first kappa shape index (κ1) is 11.5. The summed E-state index contributed by atoms with van der Waals surface area (Å²) in [6, 6.07) is 7.91. The molecule has 1 fully saturated rings. The lowest BCUT2D eigenvalue weighted by molar-refractivity contribution is -0.117. The average molecular weight is 236 g/mol. The molecule has 1 aromatic rings. The van der Waals surface area contributed by atoms with Crippen molar-refractivity contribution in [1.29, 1.82) is 0 Å². The number of hydrogen-bond donors (Lipinski definition) is 2. The number of amides is 1. The predicted molar refractivity (Wildman–Crippen MR) is 67.9 cm³/mol. The van der Waals surface area contributed by atoms with Crippen molar-refractivity contribution in [3.8, 4) is 0 Å². The van der Waals surface area contributed by atoms with E-state index in [2.05, 4.69) is 10.6 Å². The van der Waals surface area contributed by atoms with Crippen LogP contribution in [0.4, 0.5) is 5.69 Å². The number of rotatable bonds is 3. The molecule has 4 heteroatoms. The first-order valence-electron chi connectivity index (χ1n) is 5.48. The third-order valence-corrected chi connectivity index (χ3v) is 3.48. The molecule has 1 heterocycles. The number of thioether (sulfide) groups is 1. The summed E-state index contributed by atoms with van der Waals surface area (Å²) >= 11 is 1.70. The van der Waals surface area contributed by atoms with Gasteiger partial charge in [-0.3, -0.25) is 4.79 Å². The number of carbonyl (C=O) groups excluding carboxylic acids is 1. The number of hydrogen-bond acceptors (Lipinski definition) is 3. The summed E-state index contributed by atoms with van der Waals surface area (Å²) in [5, 5.41) is 6.11. The molecule has 2 rings (SSSR count). The highest BCUT2D eigenvalue weighted by Gasteiger charge is 2.21. The van der Waals surface area contributed by atoms with Crippen LogP contribution in [0.5, 0.6) is 0 Å². The first-order valence-corrected chi connectivity index (χ1v) is 6.70. The molecule has 3 nitrogen and oxygen atoms in total. The van der Waals surface area contributed by atoms with Gasteiger partial charge < -0.3 is 10.6 Å². The van der Waals surface area contributed by atoms with E-state index in [1.807, 2.05) is 30.5 Å². The molecule has 0 saturated carbocycles. The molecule has 0 bridgehead atoms. The van der Waals surface area contributed by atoms with E-state index >= 15 is 0 Å². The van der Waals surface area contributed by atoms with E-state index in [1.165, 1.54) is 4.90 Å². The van der Waals surface area contributed by atoms with Gasteiger partial charge in [-0.05, 0) is 49.9 Å². The zero-order valence-electron chi connectivity index (χ0n) is 9.32. The maximum atomic E-state index is 11.8. The minimum absolute atomic E-state index is 0.0137. The van der Waals surface area contributed by atoms with Gasteiger partial charge in [-0.2, -0.15) is 0 Å². The van der Waals surface area contributed by atoms with E-state index in [-0.39, 0.29) is 11.9 Å². The normalized spacial score (nSPS) is 19.7. The maximum absolute atomic E-state index is 11.8. The van der Waals surface area contributed by atoms with E-state index in [4.69, 9.17) is 0 Å². The highest BCUT2D eigenvalue weighted by molar-refractivity contribution is 7.98. The molecule has 1 aliphatic rings. The number of benzene rings is 1. The summed E-state index contributed by atoms with van der Waals surface area (Å²) in [5.41, 5.74) is 0.872. The van der Waals surface area contributed by atoms with E-state index in [9.17, 15) is 4.79 Å². The van der Waals surface area contributed by atoms with Crippen LogP contribution in [0.1, 0.15) is 12.8 Å². The van der Waals surface area contributed by atoms with Crippen molar-refractivity contribution in [3.05, 3.63) is 24.3 Å². The largest absolute Gasteiger partial charge is 0.325 e. The van der Waals surface area contributed by atoms with E-state index in [0.29, 0.717) is 0 Å². The van der Waals surface area contributed by atoms with Gasteiger partial charge in [0.1, 0.15) is 0 Å². The molecular formula is C12H16N2OS. The summed E-state index contributed by atoms with van der Waals surface area (Å²) in [6.07, 6.45) is 4.06. The molecule has 0 unspecified atom stereocenters. The van der Waals surface area contributed by atoms with Gasteiger partial charge in [-0.25, -0.2) is 0 Å². The van der Waals surface area contributed by atoms with Gasteiger partial charge in [0, 0.05) is 10.6 Å². The summed E-state index contributed by atoms with van der Waals surface area (Å²) in [5.74, 6) is 0.0781. The molecule has 1 aliphatic heterocycles. The molecule has 1 atom stereocenters. The topological polar surface area (TPSA) is 41.1 Å². The van der Waals surface area contributed by atoms with E-state index in [1.54, 1.807) is 11.8 Å². The highest BCUT2D eigenvalue weighted by atomic mass is 32.2. The summed E-state index contributed by atoms with van der Waals surface area (Å²) in [4.78, 5) is 13.0. The fourth-order valence-corrected chi connectivity index (χ4v) is 2.22. The zero-order chi connectivity index (χ0) is 11.4. The Morgan fingerprint density at radius 1 is 1.44 bits per heavy atom. The highest BCUT2D eigenvalue weighted by Crippen LogP contribution is 2.18. The minimum atomic E-state index is -0.0137. The average Bonchev–Trinajstić information content (AvgIpc) is 2.83. The molecule has 0 spiro atoms. The minimum Gasteiger partial charge on any atom is -0.325 e. The molecule has 0 aliphatic carbocycles. The Morgan fingerprint density at radius 3 is 2.75 bits per heavy atom. The van der Waals surface area contributed by atoms with Gasteiger partial charge in [-0.1, -0.05) is 0 Å². The van der Waals surface area contributed by atoms with Crippen LogP contribution in [-0.2, 0) is 4.79 Å². The second kappa shape index (κ2) is 5.37. The monoisotopic (exact) mass is 236 g/mol. The van der Waals surface area contributed by atoms with Crippen LogP contribution in [0, 0.1) is 0 Å². The van der Waals surface area contributed by atoms with Crippen LogP contribution in [0.15, 0.2) is 29.2 Å². The van der Waals surface area contributed by atoms with Crippen molar-refractivity contribution in [3.63, 3.8) is 0 Å².